The molecule has 0 fully saturated rings. The Morgan fingerprint density at radius 1 is 1.04 bits per heavy atom. The fourth-order valence-electron chi connectivity index (χ4n) is 2.38. The van der Waals surface area contributed by atoms with Crippen molar-refractivity contribution in [2.24, 2.45) is 0 Å². The van der Waals surface area contributed by atoms with Gasteiger partial charge in [0.25, 0.3) is 5.91 Å². The largest absolute Gasteiger partial charge is 0.494 e. The molecule has 2 N–H and O–H groups in total. The molecule has 0 bridgehead atoms. The molecule has 3 aromatic rings. The average Bonchev–Trinajstić information content (AvgIpc) is 2.69. The van der Waals surface area contributed by atoms with E-state index in [-0.39, 0.29) is 11.6 Å². The van der Waals surface area contributed by atoms with Gasteiger partial charge in [-0.2, -0.15) is 0 Å². The lowest BCUT2D eigenvalue weighted by molar-refractivity contribution is 0.0945. The third kappa shape index (κ3) is 5.18. The van der Waals surface area contributed by atoms with Crippen molar-refractivity contribution in [3.8, 4) is 5.75 Å². The summed E-state index contributed by atoms with van der Waals surface area (Å²) in [5.74, 6) is 1.04. The summed E-state index contributed by atoms with van der Waals surface area (Å²) in [6.07, 6.45) is 0. The Bertz CT molecular complexity index is 899. The van der Waals surface area contributed by atoms with Gasteiger partial charge in [0.2, 0.25) is 0 Å². The molecule has 0 radical (unpaired) electrons. The van der Waals surface area contributed by atoms with Gasteiger partial charge in [0.05, 0.1) is 6.61 Å². The van der Waals surface area contributed by atoms with E-state index in [1.54, 1.807) is 18.2 Å². The Morgan fingerprint density at radius 3 is 2.48 bits per heavy atom. The molecule has 1 heterocycles. The van der Waals surface area contributed by atoms with Crippen LogP contribution < -0.4 is 15.4 Å². The number of halogens is 1. The fraction of sp³-hybridized carbons (Fsp3) is 0.150. The molecule has 0 unspecified atom stereocenters. The van der Waals surface area contributed by atoms with E-state index in [2.05, 4.69) is 20.8 Å². The van der Waals surface area contributed by atoms with Gasteiger partial charge in [-0.05, 0) is 55.0 Å². The minimum Gasteiger partial charge on any atom is -0.494 e. The van der Waals surface area contributed by atoms with Gasteiger partial charge in [0.15, 0.2) is 11.5 Å². The van der Waals surface area contributed by atoms with Crippen LogP contribution in [0, 0.1) is 0 Å². The van der Waals surface area contributed by atoms with Crippen molar-refractivity contribution in [2.45, 2.75) is 13.5 Å². The smallest absolute Gasteiger partial charge is 0.272 e. The van der Waals surface area contributed by atoms with Crippen molar-refractivity contribution >= 4 is 29.0 Å². The predicted molar refractivity (Wildman–Crippen MR) is 106 cm³/mol. The quantitative estimate of drug-likeness (QED) is 0.640. The van der Waals surface area contributed by atoms with Crippen molar-refractivity contribution in [1.82, 2.24) is 15.5 Å². The van der Waals surface area contributed by atoms with E-state index in [4.69, 9.17) is 16.3 Å². The summed E-state index contributed by atoms with van der Waals surface area (Å²) in [5, 5.41) is 14.5. The molecule has 138 valence electrons. The van der Waals surface area contributed by atoms with E-state index in [0.717, 1.165) is 17.0 Å². The second-order valence-electron chi connectivity index (χ2n) is 5.66. The molecule has 0 saturated heterocycles. The van der Waals surface area contributed by atoms with Gasteiger partial charge in [-0.3, -0.25) is 4.79 Å². The van der Waals surface area contributed by atoms with Crippen LogP contribution in [0.5, 0.6) is 5.75 Å². The number of carbonyl (C=O) groups excluding carboxylic acids is 1. The minimum atomic E-state index is -0.310. The predicted octanol–water partition coefficient (Wildman–Crippen LogP) is 4.20. The number of nitrogens with one attached hydrogen (secondary N) is 2. The first-order chi connectivity index (χ1) is 13.2. The summed E-state index contributed by atoms with van der Waals surface area (Å²) < 4.78 is 5.41. The van der Waals surface area contributed by atoms with Crippen LogP contribution in [0.1, 0.15) is 23.0 Å². The Kier molecular flexibility index (Phi) is 6.22. The van der Waals surface area contributed by atoms with E-state index in [1.807, 2.05) is 49.4 Å². The standard InChI is InChI=1S/C20H19ClN4O2/c1-2-27-16-9-7-15(8-10-16)23-19-12-11-18(24-25-19)20(26)22-13-14-5-3-4-6-17(14)21/h3-12H,2,13H2,1H3,(H,22,26)(H,23,25). The van der Waals surface area contributed by atoms with E-state index in [1.165, 1.54) is 0 Å². The zero-order chi connectivity index (χ0) is 19.1. The molecule has 0 aliphatic carbocycles. The number of amides is 1. The topological polar surface area (TPSA) is 76.1 Å². The zero-order valence-corrected chi connectivity index (χ0v) is 15.5. The maximum absolute atomic E-state index is 12.2. The fourth-order valence-corrected chi connectivity index (χ4v) is 2.58. The number of ether oxygens (including phenoxy) is 1. The molecule has 6 nitrogen and oxygen atoms in total. The summed E-state index contributed by atoms with van der Waals surface area (Å²) in [6.45, 7) is 2.89. The van der Waals surface area contributed by atoms with Crippen LogP contribution in [-0.4, -0.2) is 22.7 Å². The number of carbonyl (C=O) groups is 1. The highest BCUT2D eigenvalue weighted by Gasteiger charge is 2.09. The Balaban J connectivity index is 1.57. The van der Waals surface area contributed by atoms with Gasteiger partial charge in [-0.15, -0.1) is 10.2 Å². The molecular formula is C20H19ClN4O2. The minimum absolute atomic E-state index is 0.235. The molecule has 0 saturated carbocycles. The lowest BCUT2D eigenvalue weighted by Crippen LogP contribution is -2.24. The van der Waals surface area contributed by atoms with Crippen molar-refractivity contribution in [3.63, 3.8) is 0 Å². The molecule has 0 aliphatic rings. The third-order valence-corrected chi connectivity index (χ3v) is 4.10. The molecule has 0 aliphatic heterocycles. The molecule has 1 aromatic heterocycles. The molecule has 2 aromatic carbocycles. The summed E-state index contributed by atoms with van der Waals surface area (Å²) in [5.41, 5.74) is 1.93. The maximum atomic E-state index is 12.2. The normalized spacial score (nSPS) is 10.3. The van der Waals surface area contributed by atoms with Crippen LogP contribution in [0.3, 0.4) is 0 Å². The highest BCUT2D eigenvalue weighted by atomic mass is 35.5. The molecule has 27 heavy (non-hydrogen) atoms. The zero-order valence-electron chi connectivity index (χ0n) is 14.8. The lowest BCUT2D eigenvalue weighted by atomic mass is 10.2. The monoisotopic (exact) mass is 382 g/mol. The Hall–Kier alpha value is -3.12. The second-order valence-corrected chi connectivity index (χ2v) is 6.07. The first-order valence-corrected chi connectivity index (χ1v) is 8.88. The number of hydrogen-bond acceptors (Lipinski definition) is 5. The Morgan fingerprint density at radius 2 is 1.81 bits per heavy atom. The first kappa shape index (κ1) is 18.7. The SMILES string of the molecule is CCOc1ccc(Nc2ccc(C(=O)NCc3ccccc3Cl)nn2)cc1. The van der Waals surface area contributed by atoms with Crippen LogP contribution in [0.15, 0.2) is 60.7 Å². The summed E-state index contributed by atoms with van der Waals surface area (Å²) in [6, 6.07) is 18.2. The molecule has 3 rings (SSSR count). The van der Waals surface area contributed by atoms with Crippen molar-refractivity contribution in [1.29, 1.82) is 0 Å². The molecule has 7 heteroatoms. The van der Waals surface area contributed by atoms with Crippen LogP contribution in [0.25, 0.3) is 0 Å². The number of aromatic nitrogens is 2. The van der Waals surface area contributed by atoms with E-state index < -0.39 is 0 Å². The molecular weight excluding hydrogens is 364 g/mol. The van der Waals surface area contributed by atoms with Gasteiger partial charge in [-0.1, -0.05) is 29.8 Å². The summed E-state index contributed by atoms with van der Waals surface area (Å²) in [7, 11) is 0. The van der Waals surface area contributed by atoms with Gasteiger partial charge < -0.3 is 15.4 Å². The van der Waals surface area contributed by atoms with Crippen molar-refractivity contribution in [3.05, 3.63) is 76.9 Å². The highest BCUT2D eigenvalue weighted by molar-refractivity contribution is 6.31. The molecule has 0 spiro atoms. The Labute approximate surface area is 162 Å². The van der Waals surface area contributed by atoms with Crippen LogP contribution >= 0.6 is 11.6 Å². The van der Waals surface area contributed by atoms with Crippen LogP contribution in [0.2, 0.25) is 5.02 Å². The van der Waals surface area contributed by atoms with Crippen LogP contribution in [-0.2, 0) is 6.54 Å². The van der Waals surface area contributed by atoms with Gasteiger partial charge >= 0.3 is 0 Å². The molecule has 0 atom stereocenters. The van der Waals surface area contributed by atoms with E-state index in [0.29, 0.717) is 24.0 Å². The highest BCUT2D eigenvalue weighted by Crippen LogP contribution is 2.19. The maximum Gasteiger partial charge on any atom is 0.272 e. The third-order valence-electron chi connectivity index (χ3n) is 3.73. The van der Waals surface area contributed by atoms with Gasteiger partial charge in [-0.25, -0.2) is 0 Å². The number of hydrogen-bond donors (Lipinski definition) is 2. The van der Waals surface area contributed by atoms with Crippen LogP contribution in [0.4, 0.5) is 11.5 Å². The number of anilines is 2. The first-order valence-electron chi connectivity index (χ1n) is 8.51. The summed E-state index contributed by atoms with van der Waals surface area (Å²) >= 11 is 6.08. The number of nitrogens with zero attached hydrogens (tertiary/aromatic N) is 2. The van der Waals surface area contributed by atoms with E-state index in [9.17, 15) is 4.79 Å². The summed E-state index contributed by atoms with van der Waals surface area (Å²) in [4.78, 5) is 12.2. The average molecular weight is 383 g/mol. The number of benzene rings is 2. The van der Waals surface area contributed by atoms with Crippen molar-refractivity contribution in [2.75, 3.05) is 11.9 Å². The van der Waals surface area contributed by atoms with Crippen molar-refractivity contribution < 1.29 is 9.53 Å². The second kappa shape index (κ2) is 9.00. The number of rotatable bonds is 7. The lowest BCUT2D eigenvalue weighted by Gasteiger charge is -2.08. The van der Waals surface area contributed by atoms with E-state index >= 15 is 0 Å². The molecule has 1 amide bonds. The van der Waals surface area contributed by atoms with Gasteiger partial charge in [0.1, 0.15) is 5.75 Å². The van der Waals surface area contributed by atoms with Gasteiger partial charge in [0, 0.05) is 17.3 Å².